The summed E-state index contributed by atoms with van der Waals surface area (Å²) in [6.45, 7) is 6.64. The fourth-order valence-electron chi connectivity index (χ4n) is 1.76. The van der Waals surface area contributed by atoms with Crippen molar-refractivity contribution in [3.63, 3.8) is 0 Å². The molecule has 2 N–H and O–H groups in total. The predicted molar refractivity (Wildman–Crippen MR) is 71.0 cm³/mol. The molecule has 0 aliphatic rings. The second kappa shape index (κ2) is 5.08. The molecule has 0 bridgehead atoms. The third-order valence-electron chi connectivity index (χ3n) is 2.59. The van der Waals surface area contributed by atoms with Crippen molar-refractivity contribution in [3.05, 3.63) is 30.4 Å². The van der Waals surface area contributed by atoms with Crippen LogP contribution in [0.3, 0.4) is 0 Å². The summed E-state index contributed by atoms with van der Waals surface area (Å²) in [5.74, 6) is 2.54. The summed E-state index contributed by atoms with van der Waals surface area (Å²) in [6, 6.07) is 3.67. The first-order valence-corrected chi connectivity index (χ1v) is 6.06. The monoisotopic (exact) mass is 246 g/mol. The van der Waals surface area contributed by atoms with Gasteiger partial charge in [0.25, 0.3) is 0 Å². The number of anilines is 1. The standard InChI is InChI=1S/C13H18N4O/c1-4-18-13-10(14)5-6-11(16-13)17-8-7-15-12(17)9(2)3/h5-9H,4,14H2,1-3H3. The molecule has 0 unspecified atom stereocenters. The van der Waals surface area contributed by atoms with Crippen LogP contribution in [-0.4, -0.2) is 21.1 Å². The van der Waals surface area contributed by atoms with Crippen molar-refractivity contribution in [2.75, 3.05) is 12.3 Å². The van der Waals surface area contributed by atoms with Crippen LogP contribution in [0.25, 0.3) is 5.82 Å². The quantitative estimate of drug-likeness (QED) is 0.899. The third kappa shape index (κ3) is 2.30. The molecule has 2 aromatic heterocycles. The van der Waals surface area contributed by atoms with Gasteiger partial charge in [0.1, 0.15) is 11.6 Å². The molecule has 0 spiro atoms. The molecule has 2 rings (SSSR count). The molecule has 0 fully saturated rings. The Labute approximate surface area is 107 Å². The molecule has 0 aliphatic heterocycles. The predicted octanol–water partition coefficient (Wildman–Crippen LogP) is 2.37. The third-order valence-corrected chi connectivity index (χ3v) is 2.59. The highest BCUT2D eigenvalue weighted by Crippen LogP contribution is 2.22. The highest BCUT2D eigenvalue weighted by molar-refractivity contribution is 5.50. The summed E-state index contributed by atoms with van der Waals surface area (Å²) in [4.78, 5) is 8.76. The van der Waals surface area contributed by atoms with Crippen LogP contribution in [0.1, 0.15) is 32.5 Å². The first-order valence-electron chi connectivity index (χ1n) is 6.06. The van der Waals surface area contributed by atoms with Crippen LogP contribution in [0.4, 0.5) is 5.69 Å². The van der Waals surface area contributed by atoms with Gasteiger partial charge in [0.05, 0.1) is 12.3 Å². The van der Waals surface area contributed by atoms with Crippen molar-refractivity contribution in [2.45, 2.75) is 26.7 Å². The van der Waals surface area contributed by atoms with Crippen molar-refractivity contribution < 1.29 is 4.74 Å². The van der Waals surface area contributed by atoms with Crippen LogP contribution in [0.5, 0.6) is 5.88 Å². The zero-order valence-corrected chi connectivity index (χ0v) is 10.9. The molecule has 5 nitrogen and oxygen atoms in total. The number of aromatic nitrogens is 3. The molecule has 0 radical (unpaired) electrons. The molecule has 18 heavy (non-hydrogen) atoms. The average Bonchev–Trinajstić information content (AvgIpc) is 2.81. The Morgan fingerprint density at radius 2 is 2.17 bits per heavy atom. The zero-order chi connectivity index (χ0) is 13.1. The Morgan fingerprint density at radius 1 is 1.39 bits per heavy atom. The summed E-state index contributed by atoms with van der Waals surface area (Å²) in [5, 5.41) is 0. The largest absolute Gasteiger partial charge is 0.476 e. The van der Waals surface area contributed by atoms with Gasteiger partial charge < -0.3 is 10.5 Å². The minimum absolute atomic E-state index is 0.329. The molecule has 2 aromatic rings. The SMILES string of the molecule is CCOc1nc(-n2ccnc2C(C)C)ccc1N. The summed E-state index contributed by atoms with van der Waals surface area (Å²) < 4.78 is 7.36. The lowest BCUT2D eigenvalue weighted by Gasteiger charge is -2.12. The van der Waals surface area contributed by atoms with E-state index >= 15 is 0 Å². The Bertz CT molecular complexity index is 534. The van der Waals surface area contributed by atoms with Gasteiger partial charge >= 0.3 is 0 Å². The highest BCUT2D eigenvalue weighted by atomic mass is 16.5. The van der Waals surface area contributed by atoms with Crippen molar-refractivity contribution in [1.29, 1.82) is 0 Å². The van der Waals surface area contributed by atoms with Crippen LogP contribution in [0, 0.1) is 0 Å². The Morgan fingerprint density at radius 3 is 2.83 bits per heavy atom. The number of pyridine rings is 1. The van der Waals surface area contributed by atoms with E-state index in [0.717, 1.165) is 11.6 Å². The minimum atomic E-state index is 0.329. The molecule has 0 atom stereocenters. The number of rotatable bonds is 4. The highest BCUT2D eigenvalue weighted by Gasteiger charge is 2.11. The smallest absolute Gasteiger partial charge is 0.239 e. The van der Waals surface area contributed by atoms with Crippen LogP contribution >= 0.6 is 0 Å². The average molecular weight is 246 g/mol. The van der Waals surface area contributed by atoms with E-state index in [4.69, 9.17) is 10.5 Å². The zero-order valence-electron chi connectivity index (χ0n) is 10.9. The second-order valence-corrected chi connectivity index (χ2v) is 4.31. The lowest BCUT2D eigenvalue weighted by Crippen LogP contribution is -2.07. The molecule has 0 aromatic carbocycles. The number of nitrogens with zero attached hydrogens (tertiary/aromatic N) is 3. The first-order chi connectivity index (χ1) is 8.63. The number of ether oxygens (including phenoxy) is 1. The van der Waals surface area contributed by atoms with E-state index in [0.29, 0.717) is 24.1 Å². The van der Waals surface area contributed by atoms with Gasteiger partial charge in [-0.05, 0) is 19.1 Å². The summed E-state index contributed by atoms with van der Waals surface area (Å²) in [5.41, 5.74) is 6.36. The number of nitrogens with two attached hydrogens (primary N) is 1. The van der Waals surface area contributed by atoms with Gasteiger partial charge in [0, 0.05) is 18.3 Å². The van der Waals surface area contributed by atoms with Crippen LogP contribution < -0.4 is 10.5 Å². The first kappa shape index (κ1) is 12.4. The van der Waals surface area contributed by atoms with Gasteiger partial charge in [0.15, 0.2) is 0 Å². The van der Waals surface area contributed by atoms with E-state index in [-0.39, 0.29) is 0 Å². The molecule has 0 aliphatic carbocycles. The summed E-state index contributed by atoms with van der Waals surface area (Å²) in [7, 11) is 0. The normalized spacial score (nSPS) is 10.9. The second-order valence-electron chi connectivity index (χ2n) is 4.31. The van der Waals surface area contributed by atoms with E-state index in [1.807, 2.05) is 23.8 Å². The molecular formula is C13H18N4O. The lowest BCUT2D eigenvalue weighted by molar-refractivity contribution is 0.328. The van der Waals surface area contributed by atoms with E-state index in [2.05, 4.69) is 23.8 Å². The topological polar surface area (TPSA) is 66.0 Å². The summed E-state index contributed by atoms with van der Waals surface area (Å²) in [6.07, 6.45) is 3.66. The van der Waals surface area contributed by atoms with Gasteiger partial charge in [-0.25, -0.2) is 4.98 Å². The molecular weight excluding hydrogens is 228 g/mol. The van der Waals surface area contributed by atoms with Gasteiger partial charge in [-0.3, -0.25) is 4.57 Å². The van der Waals surface area contributed by atoms with Gasteiger partial charge in [0.2, 0.25) is 5.88 Å². The molecule has 0 saturated carbocycles. The maximum Gasteiger partial charge on any atom is 0.239 e. The van der Waals surface area contributed by atoms with Crippen LogP contribution in [0.15, 0.2) is 24.5 Å². The van der Waals surface area contributed by atoms with E-state index < -0.39 is 0 Å². The Hall–Kier alpha value is -2.04. The van der Waals surface area contributed by atoms with Crippen LogP contribution in [-0.2, 0) is 0 Å². The van der Waals surface area contributed by atoms with Crippen molar-refractivity contribution in [1.82, 2.24) is 14.5 Å². The Kier molecular flexibility index (Phi) is 3.50. The van der Waals surface area contributed by atoms with Crippen LogP contribution in [0.2, 0.25) is 0 Å². The molecule has 0 saturated heterocycles. The fourth-order valence-corrected chi connectivity index (χ4v) is 1.76. The number of nitrogen functional groups attached to an aromatic ring is 1. The molecule has 96 valence electrons. The fraction of sp³-hybridized carbons (Fsp3) is 0.385. The van der Waals surface area contributed by atoms with E-state index in [9.17, 15) is 0 Å². The van der Waals surface area contributed by atoms with Gasteiger partial charge in [-0.2, -0.15) is 4.98 Å². The van der Waals surface area contributed by atoms with Gasteiger partial charge in [-0.15, -0.1) is 0 Å². The van der Waals surface area contributed by atoms with Gasteiger partial charge in [-0.1, -0.05) is 13.8 Å². The van der Waals surface area contributed by atoms with Crippen molar-refractivity contribution in [2.24, 2.45) is 0 Å². The van der Waals surface area contributed by atoms with Crippen molar-refractivity contribution >= 4 is 5.69 Å². The van der Waals surface area contributed by atoms with E-state index in [1.54, 1.807) is 12.3 Å². The maximum atomic E-state index is 5.81. The molecule has 5 heteroatoms. The lowest BCUT2D eigenvalue weighted by atomic mass is 10.2. The number of hydrogen-bond donors (Lipinski definition) is 1. The van der Waals surface area contributed by atoms with Crippen molar-refractivity contribution in [3.8, 4) is 11.7 Å². The van der Waals surface area contributed by atoms with E-state index in [1.165, 1.54) is 0 Å². The summed E-state index contributed by atoms with van der Waals surface area (Å²) >= 11 is 0. The Balaban J connectivity index is 2.44. The number of hydrogen-bond acceptors (Lipinski definition) is 4. The maximum absolute atomic E-state index is 5.81. The molecule has 0 amide bonds. The molecule has 2 heterocycles. The number of imidazole rings is 1. The minimum Gasteiger partial charge on any atom is -0.476 e.